The Balaban J connectivity index is 2.07. The lowest BCUT2D eigenvalue weighted by atomic mass is 10.1. The second-order valence-electron chi connectivity index (χ2n) is 6.07. The molecule has 0 fully saturated rings. The molecule has 0 N–H and O–H groups in total. The van der Waals surface area contributed by atoms with Gasteiger partial charge in [0.1, 0.15) is 17.6 Å². The average molecular weight is 403 g/mol. The molecule has 0 saturated heterocycles. The van der Waals surface area contributed by atoms with Crippen LogP contribution in [-0.2, 0) is 16.4 Å². The number of fused-ring (bicyclic) bond motifs is 1. The van der Waals surface area contributed by atoms with E-state index >= 15 is 0 Å². The summed E-state index contributed by atoms with van der Waals surface area (Å²) in [6.07, 6.45) is -4.26. The zero-order chi connectivity index (χ0) is 19.8. The molecule has 4 nitrogen and oxygen atoms in total. The molecule has 0 aliphatic carbocycles. The van der Waals surface area contributed by atoms with E-state index in [1.807, 2.05) is 0 Å². The fourth-order valence-electron chi connectivity index (χ4n) is 3.10. The molecule has 0 amide bonds. The van der Waals surface area contributed by atoms with Gasteiger partial charge in [0.2, 0.25) is 10.0 Å². The van der Waals surface area contributed by atoms with Crippen molar-refractivity contribution < 1.29 is 30.7 Å². The fourth-order valence-corrected chi connectivity index (χ4v) is 4.72. The fraction of sp³-hybridized carbons (Fsp3) is 0.333. The van der Waals surface area contributed by atoms with Crippen molar-refractivity contribution in [3.8, 4) is 5.75 Å². The van der Waals surface area contributed by atoms with Gasteiger partial charge in [0.25, 0.3) is 0 Å². The van der Waals surface area contributed by atoms with E-state index in [-0.39, 0.29) is 10.5 Å². The van der Waals surface area contributed by atoms with Crippen LogP contribution in [0.25, 0.3) is 0 Å². The van der Waals surface area contributed by atoms with Gasteiger partial charge in [0.05, 0.1) is 11.5 Å². The van der Waals surface area contributed by atoms with Crippen LogP contribution in [0.4, 0.5) is 17.6 Å². The highest BCUT2D eigenvalue weighted by Gasteiger charge is 2.48. The molecule has 3 rings (SSSR count). The summed E-state index contributed by atoms with van der Waals surface area (Å²) in [6.45, 7) is 1.31. The monoisotopic (exact) mass is 403 g/mol. The maximum absolute atomic E-state index is 13.8. The maximum Gasteiger partial charge on any atom is 0.409 e. The molecular weight excluding hydrogens is 386 g/mol. The summed E-state index contributed by atoms with van der Waals surface area (Å²) in [5.74, 6) is -0.348. The Hall–Kier alpha value is -2.13. The Labute approximate surface area is 154 Å². The van der Waals surface area contributed by atoms with Gasteiger partial charge in [-0.3, -0.25) is 0 Å². The molecule has 0 bridgehead atoms. The zero-order valence-electron chi connectivity index (χ0n) is 14.3. The standard InChI is InChI=1S/C18H17F4NO3S/c1-2-23(17(18(20,21)22)13-3-6-14(19)7-4-13)27(24,25)15-8-5-12-9-10-26-16(12)11-15/h3-8,11,17H,2,9-10H2,1H3/t17-/m0/s1. The zero-order valence-corrected chi connectivity index (χ0v) is 15.1. The van der Waals surface area contributed by atoms with Gasteiger partial charge in [-0.05, 0) is 29.3 Å². The molecule has 0 saturated carbocycles. The van der Waals surface area contributed by atoms with Crippen LogP contribution in [0, 0.1) is 5.82 Å². The van der Waals surface area contributed by atoms with Crippen molar-refractivity contribution in [3.63, 3.8) is 0 Å². The summed E-state index contributed by atoms with van der Waals surface area (Å²) in [4.78, 5) is -0.277. The second kappa shape index (κ2) is 7.12. The van der Waals surface area contributed by atoms with E-state index in [2.05, 4.69) is 0 Å². The Bertz CT molecular complexity index is 927. The van der Waals surface area contributed by atoms with Crippen LogP contribution >= 0.6 is 0 Å². The molecule has 0 radical (unpaired) electrons. The molecular formula is C18H17F4NO3S. The largest absolute Gasteiger partial charge is 0.493 e. The quantitative estimate of drug-likeness (QED) is 0.707. The minimum atomic E-state index is -4.88. The van der Waals surface area contributed by atoms with Crippen LogP contribution < -0.4 is 4.74 Å². The third-order valence-electron chi connectivity index (χ3n) is 4.37. The maximum atomic E-state index is 13.8. The van der Waals surface area contributed by atoms with Crippen molar-refractivity contribution in [3.05, 3.63) is 59.4 Å². The number of ether oxygens (including phenoxy) is 1. The number of nitrogens with zero attached hydrogens (tertiary/aromatic N) is 1. The van der Waals surface area contributed by atoms with Crippen LogP contribution in [0.15, 0.2) is 47.4 Å². The van der Waals surface area contributed by atoms with Crippen LogP contribution in [0.3, 0.4) is 0 Å². The van der Waals surface area contributed by atoms with E-state index in [0.29, 0.717) is 23.1 Å². The van der Waals surface area contributed by atoms with Gasteiger partial charge in [-0.1, -0.05) is 25.1 Å². The van der Waals surface area contributed by atoms with E-state index in [1.54, 1.807) is 6.07 Å². The first-order valence-electron chi connectivity index (χ1n) is 8.24. The average Bonchev–Trinajstić information content (AvgIpc) is 3.07. The summed E-state index contributed by atoms with van der Waals surface area (Å²) < 4.78 is 86.2. The highest BCUT2D eigenvalue weighted by molar-refractivity contribution is 7.89. The normalized spacial score (nSPS) is 15.5. The van der Waals surface area contributed by atoms with E-state index < -0.39 is 34.6 Å². The predicted octanol–water partition coefficient (Wildman–Crippen LogP) is 4.07. The van der Waals surface area contributed by atoms with E-state index in [9.17, 15) is 26.0 Å². The number of benzene rings is 2. The highest BCUT2D eigenvalue weighted by Crippen LogP contribution is 2.41. The third kappa shape index (κ3) is 3.79. The Morgan fingerprint density at radius 3 is 2.41 bits per heavy atom. The van der Waals surface area contributed by atoms with Crippen molar-refractivity contribution in [1.29, 1.82) is 0 Å². The van der Waals surface area contributed by atoms with Gasteiger partial charge >= 0.3 is 6.18 Å². The molecule has 146 valence electrons. The highest BCUT2D eigenvalue weighted by atomic mass is 32.2. The first-order chi connectivity index (χ1) is 12.6. The number of hydrogen-bond donors (Lipinski definition) is 0. The van der Waals surface area contributed by atoms with Crippen molar-refractivity contribution in [1.82, 2.24) is 4.31 Å². The summed E-state index contributed by atoms with van der Waals surface area (Å²) in [5.41, 5.74) is 0.453. The topological polar surface area (TPSA) is 46.6 Å². The predicted molar refractivity (Wildman–Crippen MR) is 90.4 cm³/mol. The summed E-state index contributed by atoms with van der Waals surface area (Å²) in [5, 5.41) is 0. The molecule has 0 unspecified atom stereocenters. The van der Waals surface area contributed by atoms with Gasteiger partial charge in [-0.25, -0.2) is 12.8 Å². The van der Waals surface area contributed by atoms with Gasteiger partial charge in [0, 0.05) is 19.0 Å². The summed E-state index contributed by atoms with van der Waals surface area (Å²) >= 11 is 0. The Morgan fingerprint density at radius 2 is 1.81 bits per heavy atom. The summed E-state index contributed by atoms with van der Waals surface area (Å²) in [7, 11) is -4.47. The van der Waals surface area contributed by atoms with Crippen LogP contribution in [0.2, 0.25) is 0 Å². The molecule has 1 heterocycles. The van der Waals surface area contributed by atoms with Crippen molar-refractivity contribution in [2.24, 2.45) is 0 Å². The van der Waals surface area contributed by atoms with Crippen molar-refractivity contribution >= 4 is 10.0 Å². The molecule has 1 atom stereocenters. The molecule has 0 aromatic heterocycles. The molecule has 2 aromatic carbocycles. The smallest absolute Gasteiger partial charge is 0.409 e. The minimum Gasteiger partial charge on any atom is -0.493 e. The van der Waals surface area contributed by atoms with Gasteiger partial charge in [-0.2, -0.15) is 17.5 Å². The molecule has 1 aliphatic heterocycles. The first kappa shape index (κ1) is 19.6. The summed E-state index contributed by atoms with van der Waals surface area (Å²) in [6, 6.07) is 5.28. The number of rotatable bonds is 5. The van der Waals surface area contributed by atoms with E-state index in [1.165, 1.54) is 19.1 Å². The first-order valence-corrected chi connectivity index (χ1v) is 9.68. The van der Waals surface area contributed by atoms with Crippen molar-refractivity contribution in [2.75, 3.05) is 13.2 Å². The number of halogens is 4. The lowest BCUT2D eigenvalue weighted by molar-refractivity contribution is -0.173. The molecule has 0 spiro atoms. The molecule has 9 heteroatoms. The lowest BCUT2D eigenvalue weighted by Gasteiger charge is -2.31. The van der Waals surface area contributed by atoms with Crippen LogP contribution in [0.1, 0.15) is 24.1 Å². The number of alkyl halides is 3. The lowest BCUT2D eigenvalue weighted by Crippen LogP contribution is -2.42. The number of hydrogen-bond acceptors (Lipinski definition) is 3. The van der Waals surface area contributed by atoms with Gasteiger partial charge < -0.3 is 4.74 Å². The third-order valence-corrected chi connectivity index (χ3v) is 6.31. The Kier molecular flexibility index (Phi) is 5.18. The second-order valence-corrected chi connectivity index (χ2v) is 7.96. The van der Waals surface area contributed by atoms with Crippen LogP contribution in [-0.4, -0.2) is 32.1 Å². The molecule has 2 aromatic rings. The Morgan fingerprint density at radius 1 is 1.15 bits per heavy atom. The molecule has 1 aliphatic rings. The van der Waals surface area contributed by atoms with E-state index in [4.69, 9.17) is 4.74 Å². The SMILES string of the molecule is CCN([C@@H](c1ccc(F)cc1)C(F)(F)F)S(=O)(=O)c1ccc2c(c1)OCC2. The van der Waals surface area contributed by atoms with Crippen LogP contribution in [0.5, 0.6) is 5.75 Å². The van der Waals surface area contributed by atoms with Crippen molar-refractivity contribution in [2.45, 2.75) is 30.5 Å². The molecule has 27 heavy (non-hydrogen) atoms. The van der Waals surface area contributed by atoms with E-state index in [0.717, 1.165) is 29.8 Å². The van der Waals surface area contributed by atoms with Gasteiger partial charge in [-0.15, -0.1) is 0 Å². The van der Waals surface area contributed by atoms with Gasteiger partial charge in [0.15, 0.2) is 0 Å². The minimum absolute atomic E-state index is 0.277. The number of sulfonamides is 1.